The Labute approximate surface area is 135 Å². The van der Waals surface area contributed by atoms with E-state index in [0.717, 1.165) is 12.8 Å². The summed E-state index contributed by atoms with van der Waals surface area (Å²) in [5.74, 6) is 0.554. The molecule has 0 radical (unpaired) electrons. The van der Waals surface area contributed by atoms with Crippen LogP contribution in [0.3, 0.4) is 0 Å². The number of carbonyl (C=O) groups is 1. The lowest BCUT2D eigenvalue weighted by molar-refractivity contribution is 0.0477. The van der Waals surface area contributed by atoms with E-state index in [4.69, 9.17) is 26.3 Å². The van der Waals surface area contributed by atoms with Crippen molar-refractivity contribution in [3.63, 3.8) is 0 Å². The van der Waals surface area contributed by atoms with Gasteiger partial charge in [0.2, 0.25) is 0 Å². The molecule has 0 heterocycles. The van der Waals surface area contributed by atoms with Gasteiger partial charge in [-0.2, -0.15) is 5.26 Å². The summed E-state index contributed by atoms with van der Waals surface area (Å²) in [6.07, 6.45) is 1.23. The number of carbonyl (C=O) groups excluding carboxylic acids is 1. The Morgan fingerprint density at radius 3 is 2.68 bits per heavy atom. The van der Waals surface area contributed by atoms with Gasteiger partial charge in [0.1, 0.15) is 24.0 Å². The molecular formula is C16H19ClN2O3. The maximum atomic E-state index is 11.8. The molecule has 0 saturated heterocycles. The summed E-state index contributed by atoms with van der Waals surface area (Å²) in [6, 6.07) is 6.92. The highest BCUT2D eigenvalue weighted by Crippen LogP contribution is 2.36. The summed E-state index contributed by atoms with van der Waals surface area (Å²) in [7, 11) is 0. The van der Waals surface area contributed by atoms with Gasteiger partial charge in [-0.05, 0) is 51.8 Å². The van der Waals surface area contributed by atoms with Crippen molar-refractivity contribution in [3.8, 4) is 11.8 Å². The van der Waals surface area contributed by atoms with Crippen LogP contribution in [-0.2, 0) is 4.74 Å². The van der Waals surface area contributed by atoms with Crippen LogP contribution in [0.4, 0.5) is 4.79 Å². The zero-order valence-corrected chi connectivity index (χ0v) is 13.7. The molecule has 0 bridgehead atoms. The van der Waals surface area contributed by atoms with Crippen LogP contribution in [0.1, 0.15) is 39.2 Å². The summed E-state index contributed by atoms with van der Waals surface area (Å²) in [4.78, 5) is 11.8. The SMILES string of the molecule is CC(C)(C)OC(=O)NC1(COc2ccc(Cl)c(C#N)c2)CC1. The summed E-state index contributed by atoms with van der Waals surface area (Å²) < 4.78 is 10.9. The van der Waals surface area contributed by atoms with Crippen molar-refractivity contribution in [1.29, 1.82) is 5.26 Å². The van der Waals surface area contributed by atoms with E-state index in [1.54, 1.807) is 18.2 Å². The number of amides is 1. The molecule has 1 fully saturated rings. The van der Waals surface area contributed by atoms with Gasteiger partial charge in [-0.1, -0.05) is 11.6 Å². The summed E-state index contributed by atoms with van der Waals surface area (Å²) in [6.45, 7) is 5.79. The molecule has 5 nitrogen and oxygen atoms in total. The van der Waals surface area contributed by atoms with Crippen LogP contribution in [0.25, 0.3) is 0 Å². The summed E-state index contributed by atoms with van der Waals surface area (Å²) in [5.41, 5.74) is -0.544. The van der Waals surface area contributed by atoms with Crippen molar-refractivity contribution < 1.29 is 14.3 Å². The number of hydrogen-bond donors (Lipinski definition) is 1. The fraction of sp³-hybridized carbons (Fsp3) is 0.500. The predicted octanol–water partition coefficient (Wildman–Crippen LogP) is 3.65. The first-order valence-electron chi connectivity index (χ1n) is 7.07. The molecule has 1 amide bonds. The van der Waals surface area contributed by atoms with E-state index in [2.05, 4.69) is 5.32 Å². The lowest BCUT2D eigenvalue weighted by atomic mass is 10.2. The molecule has 0 spiro atoms. The average Bonchev–Trinajstić information content (AvgIpc) is 3.15. The number of benzene rings is 1. The second kappa shape index (κ2) is 6.05. The maximum Gasteiger partial charge on any atom is 0.408 e. The van der Waals surface area contributed by atoms with Gasteiger partial charge in [0.25, 0.3) is 0 Å². The van der Waals surface area contributed by atoms with Crippen LogP contribution in [0, 0.1) is 11.3 Å². The molecule has 0 atom stereocenters. The van der Waals surface area contributed by atoms with Crippen molar-refractivity contribution >= 4 is 17.7 Å². The standard InChI is InChI=1S/C16H19ClN2O3/c1-15(2,3)22-14(20)19-16(6-7-16)10-21-12-4-5-13(17)11(8-12)9-18/h4-5,8H,6-7,10H2,1-3H3,(H,19,20). The molecule has 0 aromatic heterocycles. The molecule has 118 valence electrons. The van der Waals surface area contributed by atoms with E-state index in [-0.39, 0.29) is 5.54 Å². The molecule has 1 N–H and O–H groups in total. The number of alkyl carbamates (subject to hydrolysis) is 1. The molecule has 1 aromatic carbocycles. The number of nitrogens with zero attached hydrogens (tertiary/aromatic N) is 1. The second-order valence-corrected chi connectivity index (χ2v) is 6.86. The number of halogens is 1. The minimum Gasteiger partial charge on any atom is -0.491 e. The minimum absolute atomic E-state index is 0.332. The Kier molecular flexibility index (Phi) is 4.52. The Morgan fingerprint density at radius 2 is 2.14 bits per heavy atom. The largest absolute Gasteiger partial charge is 0.491 e. The van der Waals surface area contributed by atoms with Crippen molar-refractivity contribution in [2.45, 2.75) is 44.8 Å². The number of rotatable bonds is 4. The van der Waals surface area contributed by atoms with Gasteiger partial charge in [0.05, 0.1) is 16.1 Å². The van der Waals surface area contributed by atoms with Crippen LogP contribution in [0.2, 0.25) is 5.02 Å². The van der Waals surface area contributed by atoms with Crippen LogP contribution in [0.15, 0.2) is 18.2 Å². The first kappa shape index (κ1) is 16.4. The lowest BCUT2D eigenvalue weighted by Crippen LogP contribution is -2.44. The van der Waals surface area contributed by atoms with E-state index in [0.29, 0.717) is 22.9 Å². The van der Waals surface area contributed by atoms with Crippen LogP contribution >= 0.6 is 11.6 Å². The van der Waals surface area contributed by atoms with Crippen molar-refractivity contribution in [2.75, 3.05) is 6.61 Å². The fourth-order valence-electron chi connectivity index (χ4n) is 1.88. The lowest BCUT2D eigenvalue weighted by Gasteiger charge is -2.23. The van der Waals surface area contributed by atoms with Crippen LogP contribution in [-0.4, -0.2) is 23.8 Å². The molecule has 1 aromatic rings. The van der Waals surface area contributed by atoms with Gasteiger partial charge in [-0.3, -0.25) is 0 Å². The highest BCUT2D eigenvalue weighted by Gasteiger charge is 2.46. The molecule has 0 unspecified atom stereocenters. The Balaban J connectivity index is 1.91. The molecular weight excluding hydrogens is 304 g/mol. The number of nitriles is 1. The van der Waals surface area contributed by atoms with Gasteiger partial charge in [0, 0.05) is 0 Å². The molecule has 2 rings (SSSR count). The maximum absolute atomic E-state index is 11.8. The van der Waals surface area contributed by atoms with Crippen LogP contribution in [0.5, 0.6) is 5.75 Å². The highest BCUT2D eigenvalue weighted by molar-refractivity contribution is 6.31. The quantitative estimate of drug-likeness (QED) is 0.918. The third-order valence-corrected chi connectivity index (χ3v) is 3.52. The van der Waals surface area contributed by atoms with E-state index in [1.165, 1.54) is 0 Å². The smallest absolute Gasteiger partial charge is 0.408 e. The van der Waals surface area contributed by atoms with Gasteiger partial charge >= 0.3 is 6.09 Å². The third kappa shape index (κ3) is 4.54. The van der Waals surface area contributed by atoms with E-state index < -0.39 is 11.7 Å². The van der Waals surface area contributed by atoms with Gasteiger partial charge in [-0.15, -0.1) is 0 Å². The first-order chi connectivity index (χ1) is 10.2. The molecule has 0 aliphatic heterocycles. The van der Waals surface area contributed by atoms with Gasteiger partial charge in [-0.25, -0.2) is 4.79 Å². The third-order valence-electron chi connectivity index (χ3n) is 3.19. The summed E-state index contributed by atoms with van der Waals surface area (Å²) >= 11 is 5.88. The van der Waals surface area contributed by atoms with Crippen molar-refractivity contribution in [3.05, 3.63) is 28.8 Å². The average molecular weight is 323 g/mol. The molecule has 1 aliphatic carbocycles. The van der Waals surface area contributed by atoms with Crippen LogP contribution < -0.4 is 10.1 Å². The summed E-state index contributed by atoms with van der Waals surface area (Å²) in [5, 5.41) is 12.2. The fourth-order valence-corrected chi connectivity index (χ4v) is 2.04. The van der Waals surface area contributed by atoms with E-state index in [1.807, 2.05) is 26.8 Å². The zero-order chi connectivity index (χ0) is 16.4. The number of nitrogens with one attached hydrogen (secondary N) is 1. The Bertz CT molecular complexity index is 613. The second-order valence-electron chi connectivity index (χ2n) is 6.45. The number of hydrogen-bond acceptors (Lipinski definition) is 4. The van der Waals surface area contributed by atoms with Gasteiger partial charge in [0.15, 0.2) is 0 Å². The van der Waals surface area contributed by atoms with Crippen molar-refractivity contribution in [2.24, 2.45) is 0 Å². The predicted molar refractivity (Wildman–Crippen MR) is 83.0 cm³/mol. The highest BCUT2D eigenvalue weighted by atomic mass is 35.5. The van der Waals surface area contributed by atoms with E-state index in [9.17, 15) is 4.79 Å². The van der Waals surface area contributed by atoms with Crippen molar-refractivity contribution in [1.82, 2.24) is 5.32 Å². The first-order valence-corrected chi connectivity index (χ1v) is 7.44. The minimum atomic E-state index is -0.529. The monoisotopic (exact) mass is 322 g/mol. The molecule has 22 heavy (non-hydrogen) atoms. The topological polar surface area (TPSA) is 71.3 Å². The zero-order valence-electron chi connectivity index (χ0n) is 12.9. The Morgan fingerprint density at radius 1 is 1.45 bits per heavy atom. The van der Waals surface area contributed by atoms with Gasteiger partial charge < -0.3 is 14.8 Å². The molecule has 1 aliphatic rings. The molecule has 6 heteroatoms. The molecule has 1 saturated carbocycles. The van der Waals surface area contributed by atoms with E-state index >= 15 is 0 Å². The number of ether oxygens (including phenoxy) is 2. The Hall–Kier alpha value is -1.93. The normalized spacial score (nSPS) is 15.6.